The van der Waals surface area contributed by atoms with Gasteiger partial charge in [0, 0.05) is 17.1 Å². The minimum absolute atomic E-state index is 0.296. The Morgan fingerprint density at radius 3 is 2.73 bits per heavy atom. The van der Waals surface area contributed by atoms with Gasteiger partial charge in [0.25, 0.3) is 0 Å². The van der Waals surface area contributed by atoms with Crippen LogP contribution in [0.15, 0.2) is 77.4 Å². The van der Waals surface area contributed by atoms with Crippen molar-refractivity contribution in [1.82, 2.24) is 9.38 Å². The van der Waals surface area contributed by atoms with E-state index in [4.69, 9.17) is 33.0 Å². The van der Waals surface area contributed by atoms with Crippen molar-refractivity contribution in [2.24, 2.45) is 5.16 Å². The molecule has 148 valence electrons. The van der Waals surface area contributed by atoms with Gasteiger partial charge in [-0.25, -0.2) is 4.98 Å². The predicted octanol–water partition coefficient (Wildman–Crippen LogP) is 7.07. The number of hydrogen-bond donors (Lipinski definition) is 0. The molecule has 0 aliphatic rings. The molecule has 0 aliphatic heterocycles. The molecule has 0 atom stereocenters. The van der Waals surface area contributed by atoms with Gasteiger partial charge in [0.1, 0.15) is 6.61 Å². The zero-order chi connectivity index (χ0) is 20.5. The smallest absolute Gasteiger partial charge is 0.194 e. The Morgan fingerprint density at radius 1 is 1.00 bits per heavy atom. The van der Waals surface area contributed by atoms with Crippen LogP contribution in [-0.2, 0) is 11.4 Å². The van der Waals surface area contributed by atoms with E-state index < -0.39 is 0 Å². The third kappa shape index (κ3) is 3.67. The molecule has 0 bridgehead atoms. The van der Waals surface area contributed by atoms with Gasteiger partial charge in [-0.05, 0) is 34.5 Å². The van der Waals surface area contributed by atoms with Crippen LogP contribution < -0.4 is 0 Å². The van der Waals surface area contributed by atoms with E-state index >= 15 is 0 Å². The second-order valence-electron chi connectivity index (χ2n) is 6.72. The number of fused-ring (bicyclic) bond motifs is 2. The number of benzene rings is 3. The van der Waals surface area contributed by atoms with Crippen LogP contribution in [0.25, 0.3) is 27.0 Å². The fraction of sp³-hybridized carbons (Fsp3) is 0.0435. The Bertz CT molecular complexity index is 1390. The molecule has 0 radical (unpaired) electrons. The molecule has 0 aliphatic carbocycles. The summed E-state index contributed by atoms with van der Waals surface area (Å²) in [6, 6.07) is 20.0. The van der Waals surface area contributed by atoms with Crippen molar-refractivity contribution in [2.45, 2.75) is 6.61 Å². The van der Waals surface area contributed by atoms with Crippen molar-refractivity contribution in [3.8, 4) is 11.3 Å². The fourth-order valence-corrected chi connectivity index (χ4v) is 4.35. The van der Waals surface area contributed by atoms with Gasteiger partial charge >= 0.3 is 0 Å². The van der Waals surface area contributed by atoms with Crippen molar-refractivity contribution in [3.05, 3.63) is 93.5 Å². The molecule has 0 spiro atoms. The number of hydrogen-bond acceptors (Lipinski definition) is 4. The maximum Gasteiger partial charge on any atom is 0.194 e. The van der Waals surface area contributed by atoms with Gasteiger partial charge in [-0.3, -0.25) is 4.40 Å². The Hall–Kier alpha value is -2.86. The van der Waals surface area contributed by atoms with Gasteiger partial charge in [-0.1, -0.05) is 70.8 Å². The molecular weight excluding hydrogens is 437 g/mol. The van der Waals surface area contributed by atoms with Crippen LogP contribution in [0.1, 0.15) is 11.3 Å². The first kappa shape index (κ1) is 19.1. The maximum absolute atomic E-state index is 6.05. The van der Waals surface area contributed by atoms with Gasteiger partial charge < -0.3 is 4.84 Å². The summed E-state index contributed by atoms with van der Waals surface area (Å²) in [6.07, 6.45) is 3.69. The maximum atomic E-state index is 6.05. The predicted molar refractivity (Wildman–Crippen MR) is 125 cm³/mol. The lowest BCUT2D eigenvalue weighted by molar-refractivity contribution is 0.132. The average Bonchev–Trinajstić information content (AvgIpc) is 3.35. The first-order chi connectivity index (χ1) is 14.7. The molecule has 2 aromatic heterocycles. The highest BCUT2D eigenvalue weighted by Crippen LogP contribution is 2.28. The lowest BCUT2D eigenvalue weighted by Gasteiger charge is -2.04. The van der Waals surface area contributed by atoms with Crippen LogP contribution in [0.4, 0.5) is 0 Å². The summed E-state index contributed by atoms with van der Waals surface area (Å²) in [6.45, 7) is 0.296. The third-order valence-electron chi connectivity index (χ3n) is 4.79. The Morgan fingerprint density at radius 2 is 1.87 bits per heavy atom. The monoisotopic (exact) mass is 451 g/mol. The number of nitrogens with zero attached hydrogens (tertiary/aromatic N) is 3. The molecule has 0 unspecified atom stereocenters. The molecule has 30 heavy (non-hydrogen) atoms. The van der Waals surface area contributed by atoms with Crippen LogP contribution >= 0.6 is 34.5 Å². The van der Waals surface area contributed by atoms with Crippen LogP contribution in [0.3, 0.4) is 0 Å². The third-order valence-corrected chi connectivity index (χ3v) is 6.28. The molecule has 4 nitrogen and oxygen atoms in total. The fourth-order valence-electron chi connectivity index (χ4n) is 3.30. The first-order valence-electron chi connectivity index (χ1n) is 9.23. The van der Waals surface area contributed by atoms with Crippen LogP contribution in [0, 0.1) is 0 Å². The summed E-state index contributed by atoms with van der Waals surface area (Å²) in [7, 11) is 0. The Balaban J connectivity index is 1.45. The molecule has 0 saturated heterocycles. The molecule has 0 saturated carbocycles. The molecule has 5 rings (SSSR count). The van der Waals surface area contributed by atoms with Crippen molar-refractivity contribution in [3.63, 3.8) is 0 Å². The minimum Gasteiger partial charge on any atom is -0.391 e. The molecule has 2 heterocycles. The highest BCUT2D eigenvalue weighted by molar-refractivity contribution is 7.15. The molecule has 0 N–H and O–H groups in total. The van der Waals surface area contributed by atoms with Gasteiger partial charge in [0.05, 0.1) is 27.6 Å². The van der Waals surface area contributed by atoms with Crippen LogP contribution in [0.5, 0.6) is 0 Å². The molecule has 5 aromatic rings. The summed E-state index contributed by atoms with van der Waals surface area (Å²) in [4.78, 5) is 11.2. The average molecular weight is 452 g/mol. The second kappa shape index (κ2) is 8.11. The largest absolute Gasteiger partial charge is 0.391 e. The Labute approximate surface area is 187 Å². The summed E-state index contributed by atoms with van der Waals surface area (Å²) < 4.78 is 2.02. The lowest BCUT2D eigenvalue weighted by Crippen LogP contribution is -1.93. The lowest BCUT2D eigenvalue weighted by atomic mass is 10.0. The topological polar surface area (TPSA) is 38.9 Å². The van der Waals surface area contributed by atoms with Crippen molar-refractivity contribution < 1.29 is 4.84 Å². The normalized spacial score (nSPS) is 11.7. The molecule has 7 heteroatoms. The summed E-state index contributed by atoms with van der Waals surface area (Å²) in [5, 5.41) is 9.56. The van der Waals surface area contributed by atoms with Crippen molar-refractivity contribution in [2.75, 3.05) is 0 Å². The molecular formula is C23H15Cl2N3OS. The van der Waals surface area contributed by atoms with Gasteiger partial charge in [0.2, 0.25) is 0 Å². The molecule has 0 amide bonds. The van der Waals surface area contributed by atoms with Crippen molar-refractivity contribution >= 4 is 56.5 Å². The van der Waals surface area contributed by atoms with E-state index in [1.807, 2.05) is 34.2 Å². The first-order valence-corrected chi connectivity index (χ1v) is 10.9. The number of imidazole rings is 1. The second-order valence-corrected chi connectivity index (χ2v) is 8.41. The van der Waals surface area contributed by atoms with Gasteiger partial charge in [0.15, 0.2) is 4.96 Å². The number of rotatable bonds is 5. The highest BCUT2D eigenvalue weighted by Gasteiger charge is 2.14. The SMILES string of the molecule is Clc1ccc(CO/N=C/c2c(-c3ccc4ccccc4c3)nc3sccn23)cc1Cl. The Kier molecular flexibility index (Phi) is 5.17. The zero-order valence-corrected chi connectivity index (χ0v) is 18.0. The van der Waals surface area contributed by atoms with Gasteiger partial charge in [-0.2, -0.15) is 0 Å². The summed E-state index contributed by atoms with van der Waals surface area (Å²) in [5.74, 6) is 0. The van der Waals surface area contributed by atoms with E-state index in [0.717, 1.165) is 27.5 Å². The van der Waals surface area contributed by atoms with Crippen molar-refractivity contribution in [1.29, 1.82) is 0 Å². The van der Waals surface area contributed by atoms with E-state index in [0.29, 0.717) is 16.7 Å². The zero-order valence-electron chi connectivity index (χ0n) is 15.6. The minimum atomic E-state index is 0.296. The number of aromatic nitrogens is 2. The number of halogens is 2. The highest BCUT2D eigenvalue weighted by atomic mass is 35.5. The standard InChI is InChI=1S/C23H15Cl2N3OS/c24-19-8-5-15(11-20(19)25)14-29-26-13-21-22(27-23-28(21)9-10-30-23)18-7-6-16-3-1-2-4-17(16)12-18/h1-13H,14H2/b26-13+. The van der Waals surface area contributed by atoms with Crippen LogP contribution in [0.2, 0.25) is 10.0 Å². The van der Waals surface area contributed by atoms with E-state index in [1.54, 1.807) is 29.7 Å². The quantitative estimate of drug-likeness (QED) is 0.211. The van der Waals surface area contributed by atoms with E-state index in [1.165, 1.54) is 10.8 Å². The number of oxime groups is 1. The number of thiazole rings is 1. The van der Waals surface area contributed by atoms with E-state index in [9.17, 15) is 0 Å². The summed E-state index contributed by atoms with van der Waals surface area (Å²) in [5.41, 5.74) is 3.67. The van der Waals surface area contributed by atoms with Crippen LogP contribution in [-0.4, -0.2) is 15.6 Å². The molecule has 3 aromatic carbocycles. The van der Waals surface area contributed by atoms with Gasteiger partial charge in [-0.15, -0.1) is 11.3 Å². The summed E-state index contributed by atoms with van der Waals surface area (Å²) >= 11 is 13.6. The molecule has 0 fully saturated rings. The van der Waals surface area contributed by atoms with E-state index in [-0.39, 0.29) is 0 Å². The van der Waals surface area contributed by atoms with E-state index in [2.05, 4.69) is 35.5 Å².